The predicted molar refractivity (Wildman–Crippen MR) is 107 cm³/mol. The lowest BCUT2D eigenvalue weighted by Gasteiger charge is -2.30. The molecule has 2 heterocycles. The third-order valence-corrected chi connectivity index (χ3v) is 5.56. The van der Waals surface area contributed by atoms with Crippen LogP contribution >= 0.6 is 0 Å². The monoisotopic (exact) mass is 384 g/mol. The van der Waals surface area contributed by atoms with Gasteiger partial charge in [0.05, 0.1) is 25.8 Å². The van der Waals surface area contributed by atoms with E-state index < -0.39 is 5.97 Å². The van der Waals surface area contributed by atoms with Gasteiger partial charge in [0, 0.05) is 12.2 Å². The molecular weight excluding hydrogens is 356 g/mol. The molecule has 6 heteroatoms. The molecule has 1 aliphatic heterocycles. The molecule has 0 aliphatic carbocycles. The molecule has 2 aromatic rings. The van der Waals surface area contributed by atoms with E-state index in [1.54, 1.807) is 21.0 Å². The third kappa shape index (κ3) is 3.77. The van der Waals surface area contributed by atoms with Crippen molar-refractivity contribution < 1.29 is 19.1 Å². The maximum atomic E-state index is 13.5. The van der Waals surface area contributed by atoms with Gasteiger partial charge in [-0.15, -0.1) is 0 Å². The first-order valence-corrected chi connectivity index (χ1v) is 9.70. The number of amides is 1. The summed E-state index contributed by atoms with van der Waals surface area (Å²) in [4.78, 5) is 30.6. The second kappa shape index (κ2) is 8.50. The van der Waals surface area contributed by atoms with Crippen LogP contribution in [-0.2, 0) is 4.74 Å². The highest BCUT2D eigenvalue weighted by molar-refractivity contribution is 6.00. The Bertz CT molecular complexity index is 854. The number of carbonyl (C=O) groups is 2. The van der Waals surface area contributed by atoms with Gasteiger partial charge in [0.1, 0.15) is 11.4 Å². The Hall–Kier alpha value is -2.76. The van der Waals surface area contributed by atoms with E-state index in [0.717, 1.165) is 37.0 Å². The molecule has 1 unspecified atom stereocenters. The van der Waals surface area contributed by atoms with Crippen molar-refractivity contribution in [2.24, 2.45) is 0 Å². The van der Waals surface area contributed by atoms with E-state index in [1.807, 2.05) is 29.2 Å². The normalized spacial score (nSPS) is 17.1. The highest BCUT2D eigenvalue weighted by Crippen LogP contribution is 2.33. The van der Waals surface area contributed by atoms with Crippen molar-refractivity contribution in [2.45, 2.75) is 45.6 Å². The molecule has 0 saturated carbocycles. The number of carbonyl (C=O) groups excluding carboxylic acids is 2. The van der Waals surface area contributed by atoms with Crippen molar-refractivity contribution in [1.82, 2.24) is 9.88 Å². The number of likely N-dealkylation sites (tertiary alicyclic amines) is 1. The maximum Gasteiger partial charge on any atom is 0.339 e. The van der Waals surface area contributed by atoms with Crippen LogP contribution in [0.5, 0.6) is 5.75 Å². The van der Waals surface area contributed by atoms with Crippen molar-refractivity contribution in [2.75, 3.05) is 20.8 Å². The molecule has 1 atom stereocenters. The van der Waals surface area contributed by atoms with E-state index in [0.29, 0.717) is 29.1 Å². The minimum absolute atomic E-state index is 0.00508. The van der Waals surface area contributed by atoms with E-state index in [-0.39, 0.29) is 11.9 Å². The standard InChI is InChI=1S/C22H28N2O4/c1-14-19(22(26)28-4)15(2)23-20(14)21(25)24-13-7-5-6-8-18(24)16-9-11-17(27-3)12-10-16/h9-12,18,23H,5-8,13H2,1-4H3. The Labute approximate surface area is 165 Å². The number of benzene rings is 1. The highest BCUT2D eigenvalue weighted by Gasteiger charge is 2.31. The Balaban J connectivity index is 1.96. The number of aryl methyl sites for hydroxylation is 1. The lowest BCUT2D eigenvalue weighted by atomic mass is 10.00. The van der Waals surface area contributed by atoms with Crippen LogP contribution in [0.15, 0.2) is 24.3 Å². The van der Waals surface area contributed by atoms with E-state index in [1.165, 1.54) is 7.11 Å². The molecule has 3 rings (SSSR count). The minimum atomic E-state index is -0.423. The van der Waals surface area contributed by atoms with Crippen molar-refractivity contribution in [3.05, 3.63) is 52.3 Å². The maximum absolute atomic E-state index is 13.5. The smallest absolute Gasteiger partial charge is 0.339 e. The summed E-state index contributed by atoms with van der Waals surface area (Å²) < 4.78 is 10.1. The van der Waals surface area contributed by atoms with Gasteiger partial charge in [-0.2, -0.15) is 0 Å². The Morgan fingerprint density at radius 3 is 2.43 bits per heavy atom. The SMILES string of the molecule is COC(=O)c1c(C)[nH]c(C(=O)N2CCCCCC2c2ccc(OC)cc2)c1C. The van der Waals surface area contributed by atoms with E-state index in [4.69, 9.17) is 9.47 Å². The quantitative estimate of drug-likeness (QED) is 0.803. The van der Waals surface area contributed by atoms with Crippen LogP contribution in [0.25, 0.3) is 0 Å². The fraction of sp³-hybridized carbons (Fsp3) is 0.455. The second-order valence-corrected chi connectivity index (χ2v) is 7.25. The number of aromatic amines is 1. The Morgan fingerprint density at radius 2 is 1.79 bits per heavy atom. The summed E-state index contributed by atoms with van der Waals surface area (Å²) in [5.41, 5.74) is 3.32. The lowest BCUT2D eigenvalue weighted by molar-refractivity contribution is 0.0599. The average molecular weight is 384 g/mol. The van der Waals surface area contributed by atoms with Crippen LogP contribution in [0.1, 0.15) is 69.4 Å². The van der Waals surface area contributed by atoms with Gasteiger partial charge in [-0.05, 0) is 49.9 Å². The highest BCUT2D eigenvalue weighted by atomic mass is 16.5. The van der Waals surface area contributed by atoms with Gasteiger partial charge in [-0.25, -0.2) is 4.79 Å². The van der Waals surface area contributed by atoms with Crippen LogP contribution in [0.2, 0.25) is 0 Å². The number of aromatic nitrogens is 1. The number of hydrogen-bond acceptors (Lipinski definition) is 4. The molecule has 1 aromatic heterocycles. The molecule has 1 fully saturated rings. The first kappa shape index (κ1) is 20.0. The van der Waals surface area contributed by atoms with Gasteiger partial charge >= 0.3 is 5.97 Å². The molecule has 1 amide bonds. The molecule has 0 radical (unpaired) electrons. The molecular formula is C22H28N2O4. The summed E-state index contributed by atoms with van der Waals surface area (Å²) in [6.45, 7) is 4.28. The van der Waals surface area contributed by atoms with Crippen LogP contribution in [0.3, 0.4) is 0 Å². The molecule has 1 N–H and O–H groups in total. The molecule has 1 aliphatic rings. The van der Waals surface area contributed by atoms with Crippen LogP contribution < -0.4 is 4.74 Å². The third-order valence-electron chi connectivity index (χ3n) is 5.56. The largest absolute Gasteiger partial charge is 0.497 e. The molecule has 150 valence electrons. The van der Waals surface area contributed by atoms with Crippen LogP contribution in [0.4, 0.5) is 0 Å². The lowest BCUT2D eigenvalue weighted by Crippen LogP contribution is -2.35. The fourth-order valence-corrected chi connectivity index (χ4v) is 4.04. The zero-order valence-corrected chi connectivity index (χ0v) is 17.0. The summed E-state index contributed by atoms with van der Waals surface area (Å²) in [7, 11) is 3.00. The number of methoxy groups -OCH3 is 2. The number of nitrogens with zero attached hydrogens (tertiary/aromatic N) is 1. The average Bonchev–Trinajstić information content (AvgIpc) is 2.88. The van der Waals surface area contributed by atoms with Gasteiger partial charge < -0.3 is 19.4 Å². The predicted octanol–water partition coefficient (Wildman–Crippen LogP) is 4.18. The number of esters is 1. The number of hydrogen-bond donors (Lipinski definition) is 1. The molecule has 6 nitrogen and oxygen atoms in total. The number of nitrogens with one attached hydrogen (secondary N) is 1. The van der Waals surface area contributed by atoms with E-state index in [9.17, 15) is 9.59 Å². The first-order chi connectivity index (χ1) is 13.5. The van der Waals surface area contributed by atoms with Crippen molar-refractivity contribution in [3.8, 4) is 5.75 Å². The summed E-state index contributed by atoms with van der Waals surface area (Å²) in [5, 5.41) is 0. The first-order valence-electron chi connectivity index (χ1n) is 9.70. The second-order valence-electron chi connectivity index (χ2n) is 7.25. The Morgan fingerprint density at radius 1 is 1.07 bits per heavy atom. The van der Waals surface area contributed by atoms with Gasteiger partial charge in [0.15, 0.2) is 0 Å². The van der Waals surface area contributed by atoms with Crippen molar-refractivity contribution in [3.63, 3.8) is 0 Å². The summed E-state index contributed by atoms with van der Waals surface area (Å²) in [5.74, 6) is 0.306. The van der Waals surface area contributed by atoms with Crippen LogP contribution in [0, 0.1) is 13.8 Å². The Kier molecular flexibility index (Phi) is 6.07. The van der Waals surface area contributed by atoms with Gasteiger partial charge in [0.25, 0.3) is 5.91 Å². The number of H-pyrrole nitrogens is 1. The topological polar surface area (TPSA) is 71.6 Å². The molecule has 1 saturated heterocycles. The summed E-state index contributed by atoms with van der Waals surface area (Å²) in [6.07, 6.45) is 4.07. The minimum Gasteiger partial charge on any atom is -0.497 e. The molecule has 0 spiro atoms. The van der Waals surface area contributed by atoms with E-state index >= 15 is 0 Å². The van der Waals surface area contributed by atoms with Crippen molar-refractivity contribution in [1.29, 1.82) is 0 Å². The van der Waals surface area contributed by atoms with Gasteiger partial charge in [0.2, 0.25) is 0 Å². The zero-order chi connectivity index (χ0) is 20.3. The van der Waals surface area contributed by atoms with Gasteiger partial charge in [-0.1, -0.05) is 25.0 Å². The molecule has 0 bridgehead atoms. The van der Waals surface area contributed by atoms with Gasteiger partial charge in [-0.3, -0.25) is 4.79 Å². The molecule has 1 aromatic carbocycles. The van der Waals surface area contributed by atoms with Crippen molar-refractivity contribution >= 4 is 11.9 Å². The molecule has 28 heavy (non-hydrogen) atoms. The summed E-state index contributed by atoms with van der Waals surface area (Å²) in [6, 6.07) is 7.93. The fourth-order valence-electron chi connectivity index (χ4n) is 4.04. The number of rotatable bonds is 4. The number of ether oxygens (including phenoxy) is 2. The van der Waals surface area contributed by atoms with E-state index in [2.05, 4.69) is 4.98 Å². The van der Waals surface area contributed by atoms with Crippen LogP contribution in [-0.4, -0.2) is 42.5 Å². The zero-order valence-electron chi connectivity index (χ0n) is 17.0. The summed E-state index contributed by atoms with van der Waals surface area (Å²) >= 11 is 0.